The Hall–Kier alpha value is -6.85. The molecule has 0 aliphatic rings. The second-order valence-corrected chi connectivity index (χ2v) is 11.7. The summed E-state index contributed by atoms with van der Waals surface area (Å²) in [4.78, 5) is 13.5. The number of para-hydroxylation sites is 1. The predicted octanol–water partition coefficient (Wildman–Crippen LogP) is 12.0. The van der Waals surface area contributed by atoms with Crippen molar-refractivity contribution >= 4 is 43.9 Å². The Labute approximate surface area is 301 Å². The Balaban J connectivity index is 1.08. The first-order valence-electron chi connectivity index (χ1n) is 20.8. The Morgan fingerprint density at radius 2 is 0.820 bits per heavy atom. The van der Waals surface area contributed by atoms with Crippen LogP contribution in [0.3, 0.4) is 0 Å². The predicted molar refractivity (Wildman–Crippen MR) is 202 cm³/mol. The summed E-state index contributed by atoms with van der Waals surface area (Å²) in [6, 6.07) is 27.4. The maximum Gasteiger partial charge on any atom is 0.164 e. The van der Waals surface area contributed by atoms with Gasteiger partial charge in [0.1, 0.15) is 22.3 Å². The molecule has 10 aromatic rings. The SMILES string of the molecule is [2H]c1c([2H])c([2H])c(-c2nc(-c3cccc(-c4ccc5c(c4)oc4ccc(-c6ccc7oc8ccccc8c7c6)cc45)c3)nc(-c3c([2H])c([2H])c([2H])c([2H])c3[2H])n2)c([2H])c1[2H]. The summed E-state index contributed by atoms with van der Waals surface area (Å²) in [6.07, 6.45) is 0. The molecular weight excluding hydrogens is 615 g/mol. The normalized spacial score (nSPS) is 14.4. The molecular formula is C45H27N3O2. The smallest absolute Gasteiger partial charge is 0.164 e. The van der Waals surface area contributed by atoms with Crippen molar-refractivity contribution in [1.82, 2.24) is 15.0 Å². The zero-order valence-electron chi connectivity index (χ0n) is 36.0. The molecule has 0 saturated heterocycles. The van der Waals surface area contributed by atoms with Crippen molar-refractivity contribution in [2.24, 2.45) is 0 Å². The van der Waals surface area contributed by atoms with Gasteiger partial charge in [0.2, 0.25) is 0 Å². The van der Waals surface area contributed by atoms with Crippen LogP contribution in [0.2, 0.25) is 0 Å². The van der Waals surface area contributed by atoms with E-state index < -0.39 is 60.4 Å². The molecule has 0 bridgehead atoms. The summed E-state index contributed by atoms with van der Waals surface area (Å²) in [5, 5.41) is 3.97. The van der Waals surface area contributed by atoms with Crippen LogP contribution in [-0.4, -0.2) is 15.0 Å². The third kappa shape index (κ3) is 4.83. The Bertz CT molecular complexity index is 3330. The van der Waals surface area contributed by atoms with Crippen molar-refractivity contribution in [2.45, 2.75) is 0 Å². The molecule has 0 atom stereocenters. The molecule has 10 rings (SSSR count). The highest BCUT2D eigenvalue weighted by molar-refractivity contribution is 6.09. The van der Waals surface area contributed by atoms with E-state index in [1.54, 1.807) is 18.2 Å². The number of nitrogens with zero attached hydrogens (tertiary/aromatic N) is 3. The van der Waals surface area contributed by atoms with Crippen LogP contribution in [0.1, 0.15) is 13.7 Å². The van der Waals surface area contributed by atoms with Crippen LogP contribution < -0.4 is 0 Å². The summed E-state index contributed by atoms with van der Waals surface area (Å²) in [6.45, 7) is 0. The Morgan fingerprint density at radius 1 is 0.340 bits per heavy atom. The fraction of sp³-hybridized carbons (Fsp3) is 0. The third-order valence-corrected chi connectivity index (χ3v) is 8.72. The van der Waals surface area contributed by atoms with Gasteiger partial charge in [0.25, 0.3) is 0 Å². The Morgan fingerprint density at radius 3 is 1.48 bits per heavy atom. The van der Waals surface area contributed by atoms with Gasteiger partial charge in [0.15, 0.2) is 17.5 Å². The van der Waals surface area contributed by atoms with Gasteiger partial charge in [-0.25, -0.2) is 15.0 Å². The van der Waals surface area contributed by atoms with E-state index in [0.29, 0.717) is 11.1 Å². The molecule has 234 valence electrons. The maximum absolute atomic E-state index is 8.62. The van der Waals surface area contributed by atoms with Gasteiger partial charge in [-0.1, -0.05) is 115 Å². The first-order valence-corrected chi connectivity index (χ1v) is 15.8. The van der Waals surface area contributed by atoms with Crippen LogP contribution in [0.15, 0.2) is 172 Å². The van der Waals surface area contributed by atoms with Crippen LogP contribution in [0.25, 0.3) is 100 Å². The van der Waals surface area contributed by atoms with Crippen molar-refractivity contribution in [2.75, 3.05) is 0 Å². The highest BCUT2D eigenvalue weighted by Gasteiger charge is 2.15. The monoisotopic (exact) mass is 651 g/mol. The molecule has 0 spiro atoms. The van der Waals surface area contributed by atoms with E-state index in [4.69, 9.17) is 22.5 Å². The van der Waals surface area contributed by atoms with Crippen molar-refractivity contribution in [3.8, 4) is 56.4 Å². The summed E-state index contributed by atoms with van der Waals surface area (Å²) < 4.78 is 96.1. The molecule has 3 aromatic heterocycles. The number of aromatic nitrogens is 3. The highest BCUT2D eigenvalue weighted by Crippen LogP contribution is 2.37. The lowest BCUT2D eigenvalue weighted by atomic mass is 9.99. The summed E-state index contributed by atoms with van der Waals surface area (Å²) in [5.41, 5.74) is 6.42. The number of benzene rings is 7. The van der Waals surface area contributed by atoms with E-state index in [0.717, 1.165) is 60.5 Å². The molecule has 0 aliphatic carbocycles. The zero-order valence-corrected chi connectivity index (χ0v) is 26.0. The fourth-order valence-electron chi connectivity index (χ4n) is 6.33. The number of furan rings is 2. The molecule has 5 heteroatoms. The molecule has 5 nitrogen and oxygen atoms in total. The minimum absolute atomic E-state index is 0.0191. The third-order valence-electron chi connectivity index (χ3n) is 8.72. The number of fused-ring (bicyclic) bond motifs is 6. The topological polar surface area (TPSA) is 65.0 Å². The van der Waals surface area contributed by atoms with Gasteiger partial charge >= 0.3 is 0 Å². The molecule has 0 saturated carbocycles. The molecule has 0 unspecified atom stereocenters. The van der Waals surface area contributed by atoms with E-state index in [-0.39, 0.29) is 28.6 Å². The van der Waals surface area contributed by atoms with Crippen LogP contribution in [-0.2, 0) is 0 Å². The summed E-state index contributed by atoms with van der Waals surface area (Å²) in [7, 11) is 0. The highest BCUT2D eigenvalue weighted by atomic mass is 16.3. The number of rotatable bonds is 5. The lowest BCUT2D eigenvalue weighted by molar-refractivity contribution is 0.668. The molecule has 3 heterocycles. The summed E-state index contributed by atoms with van der Waals surface area (Å²) >= 11 is 0. The standard InChI is InChI=1S/C45H27N3O2/c1-3-10-28(11-4-1)43-46-44(29-12-5-2-6-13-29)48-45(47-43)34-15-9-14-30(24-34)33-18-21-36-38-26-32(20-23-41(38)50-42(36)27-33)31-19-22-40-37(25-31)35-16-7-8-17-39(35)49-40/h1-27H/i1D,2D,3D,4D,5D,6D,10D,11D,12D,13D. The lowest BCUT2D eigenvalue weighted by Gasteiger charge is -2.09. The molecule has 0 fully saturated rings. The first kappa shape index (κ1) is 19.8. The van der Waals surface area contributed by atoms with Crippen LogP contribution in [0.4, 0.5) is 0 Å². The average Bonchev–Trinajstić information content (AvgIpc) is 3.83. The van der Waals surface area contributed by atoms with Crippen molar-refractivity contribution < 1.29 is 22.5 Å². The largest absolute Gasteiger partial charge is 0.456 e. The van der Waals surface area contributed by atoms with Gasteiger partial charge in [0.05, 0.1) is 13.7 Å². The number of hydrogen-bond acceptors (Lipinski definition) is 5. The average molecular weight is 652 g/mol. The van der Waals surface area contributed by atoms with Crippen LogP contribution in [0.5, 0.6) is 0 Å². The van der Waals surface area contributed by atoms with Crippen LogP contribution in [0, 0.1) is 0 Å². The number of hydrogen-bond donors (Lipinski definition) is 0. The van der Waals surface area contributed by atoms with E-state index in [1.807, 2.05) is 66.7 Å². The van der Waals surface area contributed by atoms with Crippen molar-refractivity contribution in [3.05, 3.63) is 164 Å². The van der Waals surface area contributed by atoms with Crippen molar-refractivity contribution in [1.29, 1.82) is 0 Å². The molecule has 0 aliphatic heterocycles. The van der Waals surface area contributed by atoms with Gasteiger partial charge in [-0.2, -0.15) is 0 Å². The quantitative estimate of drug-likeness (QED) is 0.185. The minimum atomic E-state index is -0.610. The second kappa shape index (κ2) is 11.4. The van der Waals surface area contributed by atoms with Gasteiger partial charge < -0.3 is 8.83 Å². The lowest BCUT2D eigenvalue weighted by Crippen LogP contribution is -2.00. The minimum Gasteiger partial charge on any atom is -0.456 e. The molecule has 0 amide bonds. The molecule has 7 aromatic carbocycles. The van der Waals surface area contributed by atoms with Gasteiger partial charge in [-0.3, -0.25) is 0 Å². The fourth-order valence-corrected chi connectivity index (χ4v) is 6.33. The van der Waals surface area contributed by atoms with Crippen LogP contribution >= 0.6 is 0 Å². The second-order valence-electron chi connectivity index (χ2n) is 11.7. The zero-order chi connectivity index (χ0) is 41.7. The van der Waals surface area contributed by atoms with E-state index in [2.05, 4.69) is 33.2 Å². The molecule has 0 N–H and O–H groups in total. The van der Waals surface area contributed by atoms with Gasteiger partial charge in [-0.05, 0) is 70.8 Å². The van der Waals surface area contributed by atoms with Gasteiger partial charge in [0, 0.05) is 38.2 Å². The maximum atomic E-state index is 8.62. The van der Waals surface area contributed by atoms with E-state index in [9.17, 15) is 0 Å². The molecule has 50 heavy (non-hydrogen) atoms. The van der Waals surface area contributed by atoms with Crippen molar-refractivity contribution in [3.63, 3.8) is 0 Å². The van der Waals surface area contributed by atoms with E-state index in [1.165, 1.54) is 0 Å². The summed E-state index contributed by atoms with van der Waals surface area (Å²) in [5.74, 6) is -0.676. The van der Waals surface area contributed by atoms with E-state index >= 15 is 0 Å². The first-order chi connectivity index (χ1) is 28.9. The van der Waals surface area contributed by atoms with Gasteiger partial charge in [-0.15, -0.1) is 0 Å². The Kier molecular flexibility index (Phi) is 4.52. The molecule has 0 radical (unpaired) electrons.